The number of aromatic nitrogens is 5. The third kappa shape index (κ3) is 8.85. The number of nitrogens with two attached hydrogens (primary N) is 1. The Balaban J connectivity index is 0.802. The maximum atomic E-state index is 14.2. The topological polar surface area (TPSA) is 195 Å². The van der Waals surface area contributed by atoms with Crippen LogP contribution in [0.1, 0.15) is 79.2 Å². The van der Waals surface area contributed by atoms with E-state index in [0.717, 1.165) is 49.7 Å². The first-order valence-corrected chi connectivity index (χ1v) is 20.2. The Bertz CT molecular complexity index is 2160. The highest BCUT2D eigenvalue weighted by atomic mass is 19.3. The van der Waals surface area contributed by atoms with E-state index in [1.165, 1.54) is 16.9 Å². The monoisotopic (exact) mass is 820 g/mol. The Morgan fingerprint density at radius 2 is 1.93 bits per heavy atom. The van der Waals surface area contributed by atoms with Crippen LogP contribution < -0.4 is 42.3 Å². The van der Waals surface area contributed by atoms with E-state index in [4.69, 9.17) is 5.73 Å². The molecular formula is C39H51F3N14O3. The molecule has 5 atom stereocenters. The third-order valence-corrected chi connectivity index (χ3v) is 11.7. The Morgan fingerprint density at radius 1 is 1.12 bits per heavy atom. The van der Waals surface area contributed by atoms with Crippen molar-refractivity contribution in [3.63, 3.8) is 0 Å². The van der Waals surface area contributed by atoms with Crippen molar-refractivity contribution in [2.24, 2.45) is 11.7 Å². The van der Waals surface area contributed by atoms with Crippen LogP contribution in [-0.4, -0.2) is 118 Å². The second-order valence-electron chi connectivity index (χ2n) is 16.1. The molecule has 3 saturated heterocycles. The first kappa shape index (κ1) is 40.5. The van der Waals surface area contributed by atoms with E-state index >= 15 is 0 Å². The fourth-order valence-electron chi connectivity index (χ4n) is 8.67. The molecule has 17 nitrogen and oxygen atoms in total. The minimum Gasteiger partial charge on any atom is -0.381 e. The van der Waals surface area contributed by atoms with Crippen LogP contribution in [0.3, 0.4) is 0 Å². The van der Waals surface area contributed by atoms with Gasteiger partial charge in [-0.3, -0.25) is 24.4 Å². The number of piperidine rings is 3. The van der Waals surface area contributed by atoms with Crippen LogP contribution in [0, 0.1) is 5.92 Å². The lowest BCUT2D eigenvalue weighted by molar-refractivity contribution is -0.137. The number of benzene rings is 1. The molecule has 4 aliphatic heterocycles. The van der Waals surface area contributed by atoms with Gasteiger partial charge in [-0.15, -0.1) is 0 Å². The van der Waals surface area contributed by atoms with Gasteiger partial charge >= 0.3 is 0 Å². The molecule has 3 amide bonds. The third-order valence-electron chi connectivity index (χ3n) is 11.7. The van der Waals surface area contributed by atoms with Crippen molar-refractivity contribution in [3.8, 4) is 0 Å². The molecule has 0 aliphatic carbocycles. The minimum absolute atomic E-state index is 0.0721. The average Bonchev–Trinajstić information content (AvgIpc) is 3.91. The smallest absolute Gasteiger partial charge is 0.284 e. The zero-order valence-corrected chi connectivity index (χ0v) is 33.1. The average molecular weight is 821 g/mol. The Labute approximate surface area is 339 Å². The number of hydrazine groups is 1. The van der Waals surface area contributed by atoms with Crippen LogP contribution in [0.2, 0.25) is 0 Å². The van der Waals surface area contributed by atoms with Gasteiger partial charge < -0.3 is 36.5 Å². The first-order chi connectivity index (χ1) is 28.4. The van der Waals surface area contributed by atoms with E-state index < -0.39 is 24.2 Å². The van der Waals surface area contributed by atoms with E-state index in [1.807, 2.05) is 24.2 Å². The summed E-state index contributed by atoms with van der Waals surface area (Å²) < 4.78 is 45.6. The molecule has 20 heteroatoms. The summed E-state index contributed by atoms with van der Waals surface area (Å²) in [5.41, 5.74) is 12.1. The fourth-order valence-corrected chi connectivity index (χ4v) is 8.67. The molecule has 2 unspecified atom stereocenters. The summed E-state index contributed by atoms with van der Waals surface area (Å²) in [6.07, 6.45) is 2.95. The molecular weight excluding hydrogens is 770 g/mol. The number of amides is 3. The highest BCUT2D eigenvalue weighted by Gasteiger charge is 2.39. The summed E-state index contributed by atoms with van der Waals surface area (Å²) in [5, 5.41) is 22.5. The first-order valence-electron chi connectivity index (χ1n) is 20.2. The molecule has 8 rings (SSSR count). The summed E-state index contributed by atoms with van der Waals surface area (Å²) in [6.45, 7) is 6.52. The Kier molecular flexibility index (Phi) is 11.7. The number of nitrogens with one attached hydrogen (secondary N) is 5. The van der Waals surface area contributed by atoms with Gasteiger partial charge in [-0.2, -0.15) is 10.2 Å². The van der Waals surface area contributed by atoms with Gasteiger partial charge in [-0.25, -0.2) is 28.1 Å². The van der Waals surface area contributed by atoms with E-state index in [9.17, 15) is 27.6 Å². The minimum atomic E-state index is -2.90. The molecule has 0 spiro atoms. The van der Waals surface area contributed by atoms with Crippen LogP contribution in [-0.2, 0) is 9.59 Å². The van der Waals surface area contributed by atoms with Crippen molar-refractivity contribution >= 4 is 46.2 Å². The van der Waals surface area contributed by atoms with E-state index in [-0.39, 0.29) is 71.8 Å². The number of alkyl halides is 3. The maximum absolute atomic E-state index is 14.2. The van der Waals surface area contributed by atoms with Crippen molar-refractivity contribution in [3.05, 3.63) is 59.7 Å². The molecule has 0 radical (unpaired) electrons. The summed E-state index contributed by atoms with van der Waals surface area (Å²) in [7, 11) is 1.92. The standard InChI is InChI=1S/C39H51F3N14O3/c1-22(46-25-3-4-27-31(16-25)52(2)50-34(27)28-5-6-33(57)49-38(28)58)17-44-10-14-53-11-7-26(8-12-53)56-21-30(35(51-56)36(41)42)47-39(59)29-18-45-55-13-9-32(48-37(29)55)54-19-23(40)15-24(43)20-54/h3-4,9,13,16,18,21-24,26,28,34,36,44,46,50H,5-8,10-12,14-15,17,19-20,43H2,1-2H3,(H,47,59)(H,49,57,58)/t22-,23-,24-,28?,34?/m1/s1. The zero-order valence-electron chi connectivity index (χ0n) is 33.1. The largest absolute Gasteiger partial charge is 0.381 e. The van der Waals surface area contributed by atoms with Crippen LogP contribution in [0.4, 0.5) is 36.1 Å². The highest BCUT2D eigenvalue weighted by Crippen LogP contribution is 2.40. The number of anilines is 4. The molecule has 3 fully saturated rings. The second kappa shape index (κ2) is 17.1. The van der Waals surface area contributed by atoms with Crippen molar-refractivity contribution in [1.82, 2.24) is 45.3 Å². The fraction of sp³-hybridized carbons (Fsp3) is 0.538. The van der Waals surface area contributed by atoms with Gasteiger partial charge in [0, 0.05) is 82.9 Å². The summed E-state index contributed by atoms with van der Waals surface area (Å²) >= 11 is 0. The van der Waals surface area contributed by atoms with Gasteiger partial charge in [0.25, 0.3) is 12.3 Å². The second-order valence-corrected chi connectivity index (χ2v) is 16.1. The zero-order chi connectivity index (χ0) is 41.4. The number of imide groups is 1. The molecule has 316 valence electrons. The predicted molar refractivity (Wildman–Crippen MR) is 215 cm³/mol. The lowest BCUT2D eigenvalue weighted by atomic mass is 9.87. The van der Waals surface area contributed by atoms with Gasteiger partial charge in [-0.05, 0) is 56.4 Å². The number of carbonyl (C=O) groups is 3. The Hall–Kier alpha value is -5.31. The SMILES string of the molecule is C[C@H](CNCCN1CCC(n2cc(NC(=O)c3cnn4ccc(N5C[C@H](N)C[C@@H](F)C5)nc34)c(C(F)F)n2)CC1)Nc1ccc2c(c1)N(C)NC2C1CCC(=O)NC1=O. The normalized spacial score (nSPS) is 23.5. The van der Waals surface area contributed by atoms with Gasteiger partial charge in [0.1, 0.15) is 17.6 Å². The van der Waals surface area contributed by atoms with E-state index in [0.29, 0.717) is 38.0 Å². The summed E-state index contributed by atoms with van der Waals surface area (Å²) in [5.74, 6) is -0.987. The van der Waals surface area contributed by atoms with Crippen molar-refractivity contribution in [2.75, 3.05) is 73.4 Å². The lowest BCUT2D eigenvalue weighted by Crippen LogP contribution is -2.48. The van der Waals surface area contributed by atoms with E-state index in [2.05, 4.69) is 59.8 Å². The summed E-state index contributed by atoms with van der Waals surface area (Å²) in [4.78, 5) is 46.3. The molecule has 3 aromatic heterocycles. The van der Waals surface area contributed by atoms with Gasteiger partial charge in [0.2, 0.25) is 11.8 Å². The van der Waals surface area contributed by atoms with Crippen LogP contribution >= 0.6 is 0 Å². The van der Waals surface area contributed by atoms with Crippen molar-refractivity contribution < 1.29 is 27.6 Å². The highest BCUT2D eigenvalue weighted by molar-refractivity contribution is 6.08. The Morgan fingerprint density at radius 3 is 2.69 bits per heavy atom. The predicted octanol–water partition coefficient (Wildman–Crippen LogP) is 2.77. The van der Waals surface area contributed by atoms with Crippen molar-refractivity contribution in [2.45, 2.75) is 75.8 Å². The molecule has 7 N–H and O–H groups in total. The van der Waals surface area contributed by atoms with Gasteiger partial charge in [0.05, 0.1) is 42.1 Å². The van der Waals surface area contributed by atoms with E-state index in [1.54, 1.807) is 21.8 Å². The van der Waals surface area contributed by atoms with Crippen molar-refractivity contribution in [1.29, 1.82) is 0 Å². The number of hydrogen-bond acceptors (Lipinski definition) is 13. The van der Waals surface area contributed by atoms with Gasteiger partial charge in [0.15, 0.2) is 11.3 Å². The number of nitrogens with zero attached hydrogens (tertiary/aromatic N) is 8. The lowest BCUT2D eigenvalue weighted by Gasteiger charge is -2.33. The molecule has 0 saturated carbocycles. The van der Waals surface area contributed by atoms with Crippen LogP contribution in [0.15, 0.2) is 42.9 Å². The maximum Gasteiger partial charge on any atom is 0.284 e. The molecule has 0 bridgehead atoms. The summed E-state index contributed by atoms with van der Waals surface area (Å²) in [6, 6.07) is 7.28. The van der Waals surface area contributed by atoms with Crippen LogP contribution in [0.25, 0.3) is 5.65 Å². The molecule has 1 aromatic carbocycles. The number of likely N-dealkylation sites (tertiary alicyclic amines) is 1. The number of rotatable bonds is 13. The number of hydrogen-bond donors (Lipinski definition) is 6. The molecule has 4 aliphatic rings. The number of carbonyl (C=O) groups excluding carboxylic acids is 3. The number of fused-ring (bicyclic) bond motifs is 2. The molecule has 4 aromatic rings. The quantitative estimate of drug-likeness (QED) is 0.0853. The number of halogens is 3. The van der Waals surface area contributed by atoms with Crippen LogP contribution in [0.5, 0.6) is 0 Å². The molecule has 7 heterocycles. The molecule has 59 heavy (non-hydrogen) atoms. The van der Waals surface area contributed by atoms with Gasteiger partial charge in [-0.1, -0.05) is 6.07 Å².